The third-order valence-corrected chi connectivity index (χ3v) is 9.55. The van der Waals surface area contributed by atoms with E-state index in [0.717, 1.165) is 0 Å². The Hall–Kier alpha value is 0.177. The summed E-state index contributed by atoms with van der Waals surface area (Å²) < 4.78 is 6.92. The molecule has 1 rings (SSSR count). The highest BCUT2D eigenvalue weighted by atomic mass is 28.4. The summed E-state index contributed by atoms with van der Waals surface area (Å²) in [6.45, 7) is 7.00. The van der Waals surface area contributed by atoms with Gasteiger partial charge < -0.3 is 4.43 Å². The predicted molar refractivity (Wildman–Crippen MR) is 92.9 cm³/mol. The van der Waals surface area contributed by atoms with Crippen molar-refractivity contribution >= 4 is 8.32 Å². The Kier molecular flexibility index (Phi) is 9.88. The maximum absolute atomic E-state index is 6.92. The quantitative estimate of drug-likeness (QED) is 0.386. The molecular weight excluding hydrogens is 260 g/mol. The van der Waals surface area contributed by atoms with Crippen molar-refractivity contribution in [1.29, 1.82) is 0 Å². The van der Waals surface area contributed by atoms with Crippen molar-refractivity contribution in [1.82, 2.24) is 0 Å². The van der Waals surface area contributed by atoms with Crippen LogP contribution in [0.5, 0.6) is 0 Å². The van der Waals surface area contributed by atoms with Gasteiger partial charge in [-0.2, -0.15) is 0 Å². The molecule has 0 aromatic carbocycles. The van der Waals surface area contributed by atoms with Crippen molar-refractivity contribution in [2.45, 2.75) is 116 Å². The van der Waals surface area contributed by atoms with Crippen molar-refractivity contribution < 1.29 is 4.43 Å². The molecule has 0 atom stereocenters. The first kappa shape index (κ1) is 18.2. The van der Waals surface area contributed by atoms with E-state index in [-0.39, 0.29) is 0 Å². The summed E-state index contributed by atoms with van der Waals surface area (Å²) in [6.07, 6.45) is 15.8. The molecule has 0 amide bonds. The van der Waals surface area contributed by atoms with Gasteiger partial charge in [0, 0.05) is 6.10 Å². The Morgan fingerprint density at radius 3 is 1.60 bits per heavy atom. The van der Waals surface area contributed by atoms with E-state index in [4.69, 9.17) is 4.43 Å². The lowest BCUT2D eigenvalue weighted by Gasteiger charge is -2.37. The Balaban J connectivity index is 2.64. The zero-order valence-corrected chi connectivity index (χ0v) is 15.4. The van der Waals surface area contributed by atoms with Gasteiger partial charge in [0.05, 0.1) is 0 Å². The van der Waals surface area contributed by atoms with E-state index in [1.807, 2.05) is 0 Å². The van der Waals surface area contributed by atoms with Crippen LogP contribution in [0.25, 0.3) is 0 Å². The summed E-state index contributed by atoms with van der Waals surface area (Å²) in [5, 5.41) is 0. The minimum absolute atomic E-state index is 0.626. The third kappa shape index (κ3) is 6.75. The number of hydrogen-bond donors (Lipinski definition) is 0. The van der Waals surface area contributed by atoms with Gasteiger partial charge in [-0.25, -0.2) is 0 Å². The fourth-order valence-electron chi connectivity index (χ4n) is 3.59. The van der Waals surface area contributed by atoms with Crippen LogP contribution in [0.1, 0.15) is 91.4 Å². The molecule has 0 aromatic heterocycles. The smallest absolute Gasteiger partial charge is 0.193 e. The predicted octanol–water partition coefficient (Wildman–Crippen LogP) is 6.68. The summed E-state index contributed by atoms with van der Waals surface area (Å²) in [6, 6.07) is 4.29. The average Bonchev–Trinajstić information content (AvgIpc) is 2.49. The molecule has 0 unspecified atom stereocenters. The maximum atomic E-state index is 6.92. The van der Waals surface area contributed by atoms with E-state index in [2.05, 4.69) is 20.8 Å². The van der Waals surface area contributed by atoms with Crippen molar-refractivity contribution in [3.63, 3.8) is 0 Å². The van der Waals surface area contributed by atoms with Gasteiger partial charge in [-0.1, -0.05) is 78.6 Å². The summed E-state index contributed by atoms with van der Waals surface area (Å²) >= 11 is 0. The zero-order chi connectivity index (χ0) is 14.7. The number of unbranched alkanes of at least 4 members (excludes halogenated alkanes) is 3. The number of hydrogen-bond acceptors (Lipinski definition) is 1. The summed E-state index contributed by atoms with van der Waals surface area (Å²) in [5.74, 6) is 0. The Morgan fingerprint density at radius 1 is 0.750 bits per heavy atom. The topological polar surface area (TPSA) is 9.23 Å². The van der Waals surface area contributed by atoms with Crippen LogP contribution in [-0.4, -0.2) is 14.4 Å². The summed E-state index contributed by atoms with van der Waals surface area (Å²) in [4.78, 5) is 0. The molecule has 0 spiro atoms. The molecular formula is C18H38OSi. The Labute approximate surface area is 129 Å². The molecule has 20 heavy (non-hydrogen) atoms. The van der Waals surface area contributed by atoms with Gasteiger partial charge in [-0.05, 0) is 31.0 Å². The van der Waals surface area contributed by atoms with E-state index in [0.29, 0.717) is 6.10 Å². The van der Waals surface area contributed by atoms with Gasteiger partial charge in [-0.15, -0.1) is 0 Å². The zero-order valence-electron chi connectivity index (χ0n) is 14.4. The fourth-order valence-corrected chi connectivity index (χ4v) is 8.63. The van der Waals surface area contributed by atoms with Gasteiger partial charge >= 0.3 is 0 Å². The number of rotatable bonds is 11. The standard InChI is InChI=1S/C18H38OSi/c1-4-7-15-20(16-8-5-2,17-9-6-3)19-18-13-11-10-12-14-18/h18H,4-17H2,1-3H3. The molecule has 1 fully saturated rings. The van der Waals surface area contributed by atoms with Crippen LogP contribution >= 0.6 is 0 Å². The molecule has 0 radical (unpaired) electrons. The van der Waals surface area contributed by atoms with Crippen LogP contribution in [0.4, 0.5) is 0 Å². The highest BCUT2D eigenvalue weighted by molar-refractivity contribution is 6.73. The van der Waals surface area contributed by atoms with E-state index < -0.39 is 8.32 Å². The van der Waals surface area contributed by atoms with Crippen molar-refractivity contribution in [3.05, 3.63) is 0 Å². The molecule has 0 saturated heterocycles. The maximum Gasteiger partial charge on any atom is 0.193 e. The first-order valence-electron chi connectivity index (χ1n) is 9.44. The molecule has 0 aliphatic heterocycles. The normalized spacial score (nSPS) is 17.6. The Morgan fingerprint density at radius 2 is 1.20 bits per heavy atom. The molecule has 1 aliphatic rings. The molecule has 1 nitrogen and oxygen atoms in total. The second-order valence-corrected chi connectivity index (χ2v) is 11.0. The minimum Gasteiger partial charge on any atom is -0.414 e. The van der Waals surface area contributed by atoms with E-state index in [9.17, 15) is 0 Å². The van der Waals surface area contributed by atoms with Crippen LogP contribution < -0.4 is 0 Å². The highest BCUT2D eigenvalue weighted by Gasteiger charge is 2.35. The third-order valence-electron chi connectivity index (χ3n) is 4.93. The van der Waals surface area contributed by atoms with Crippen molar-refractivity contribution in [2.24, 2.45) is 0 Å². The van der Waals surface area contributed by atoms with Gasteiger partial charge in [0.1, 0.15) is 0 Å². The summed E-state index contributed by atoms with van der Waals surface area (Å²) in [5.41, 5.74) is 0. The van der Waals surface area contributed by atoms with E-state index in [1.165, 1.54) is 88.8 Å². The fraction of sp³-hybridized carbons (Fsp3) is 1.00. The van der Waals surface area contributed by atoms with Crippen LogP contribution in [0.3, 0.4) is 0 Å². The Bertz CT molecular complexity index is 202. The van der Waals surface area contributed by atoms with Crippen molar-refractivity contribution in [3.8, 4) is 0 Å². The van der Waals surface area contributed by atoms with Gasteiger partial charge in [0.2, 0.25) is 0 Å². The molecule has 2 heteroatoms. The molecule has 120 valence electrons. The van der Waals surface area contributed by atoms with E-state index in [1.54, 1.807) is 0 Å². The van der Waals surface area contributed by atoms with Gasteiger partial charge in [-0.3, -0.25) is 0 Å². The van der Waals surface area contributed by atoms with Crippen molar-refractivity contribution in [2.75, 3.05) is 0 Å². The van der Waals surface area contributed by atoms with Crippen LogP contribution in [0, 0.1) is 0 Å². The second-order valence-electron chi connectivity index (χ2n) is 6.87. The lowest BCUT2D eigenvalue weighted by Crippen LogP contribution is -2.42. The lowest BCUT2D eigenvalue weighted by molar-refractivity contribution is 0.140. The van der Waals surface area contributed by atoms with Crippen LogP contribution in [-0.2, 0) is 4.43 Å². The molecule has 0 aromatic rings. The minimum atomic E-state index is -1.45. The van der Waals surface area contributed by atoms with Crippen LogP contribution in [0.15, 0.2) is 0 Å². The average molecular weight is 299 g/mol. The molecule has 0 N–H and O–H groups in total. The molecule has 0 heterocycles. The first-order valence-corrected chi connectivity index (χ1v) is 12.0. The molecule has 0 bridgehead atoms. The second kappa shape index (κ2) is 10.8. The summed E-state index contributed by atoms with van der Waals surface area (Å²) in [7, 11) is -1.45. The monoisotopic (exact) mass is 298 g/mol. The highest BCUT2D eigenvalue weighted by Crippen LogP contribution is 2.34. The SMILES string of the molecule is CCCC[Si](CCCC)(CCCC)OC1CCCCC1. The largest absolute Gasteiger partial charge is 0.414 e. The van der Waals surface area contributed by atoms with Gasteiger partial charge in [0.25, 0.3) is 0 Å². The lowest BCUT2D eigenvalue weighted by atomic mass is 9.98. The molecule has 1 saturated carbocycles. The molecule has 1 aliphatic carbocycles. The van der Waals surface area contributed by atoms with Crippen LogP contribution in [0.2, 0.25) is 18.1 Å². The van der Waals surface area contributed by atoms with E-state index >= 15 is 0 Å². The van der Waals surface area contributed by atoms with Gasteiger partial charge in [0.15, 0.2) is 8.32 Å². The first-order chi connectivity index (χ1) is 9.76.